The van der Waals surface area contributed by atoms with Gasteiger partial charge in [0.2, 0.25) is 0 Å². The van der Waals surface area contributed by atoms with Crippen molar-refractivity contribution in [3.63, 3.8) is 0 Å². The van der Waals surface area contributed by atoms with E-state index in [4.69, 9.17) is 23.7 Å². The highest BCUT2D eigenvalue weighted by molar-refractivity contribution is 5.74. The lowest BCUT2D eigenvalue weighted by Gasteiger charge is -2.35. The first-order valence-corrected chi connectivity index (χ1v) is 10.8. The van der Waals surface area contributed by atoms with E-state index >= 15 is 0 Å². The number of rotatable bonds is 4. The summed E-state index contributed by atoms with van der Waals surface area (Å²) in [6, 6.07) is 3.47. The number of nitrogens with zero attached hydrogens (tertiary/aromatic N) is 1. The highest BCUT2D eigenvalue weighted by Crippen LogP contribution is 2.36. The van der Waals surface area contributed by atoms with Gasteiger partial charge in [-0.2, -0.15) is 0 Å². The predicted octanol–water partition coefficient (Wildman–Crippen LogP) is 1.29. The van der Waals surface area contributed by atoms with Gasteiger partial charge in [-0.1, -0.05) is 0 Å². The molecule has 0 radical (unpaired) electrons. The SMILES string of the molecule is Cc1ncccc1O[C@H]1CO[C@H]2[C@@H]1OC[C@@H]2NC(=O)NC1CCC2(CC1)OCCO2. The fraction of sp³-hybridized carbons (Fsp3) is 0.714. The molecule has 5 rings (SSSR count). The molecule has 1 saturated carbocycles. The smallest absolute Gasteiger partial charge is 0.315 e. The van der Waals surface area contributed by atoms with Crippen molar-refractivity contribution in [2.24, 2.45) is 0 Å². The maximum absolute atomic E-state index is 12.6. The molecule has 30 heavy (non-hydrogen) atoms. The molecule has 164 valence electrons. The minimum absolute atomic E-state index is 0.121. The standard InChI is InChI=1S/C21H29N3O6/c1-13-16(3-2-8-22-13)30-17-12-27-18-15(11-26-19(17)18)24-20(25)23-14-4-6-21(7-5-14)28-9-10-29-21/h2-3,8,14-15,17-19H,4-7,9-12H2,1H3,(H2,23,24,25)/t15-,17-,18+,19+/m0/s1. The van der Waals surface area contributed by atoms with Crippen LogP contribution in [0.25, 0.3) is 0 Å². The van der Waals surface area contributed by atoms with Gasteiger partial charge in [0, 0.05) is 25.1 Å². The average Bonchev–Trinajstić information content (AvgIpc) is 3.45. The molecule has 0 aromatic carbocycles. The Labute approximate surface area is 175 Å². The maximum atomic E-state index is 12.6. The molecule has 4 fully saturated rings. The second kappa shape index (κ2) is 8.30. The van der Waals surface area contributed by atoms with Crippen LogP contribution in [0.3, 0.4) is 0 Å². The number of pyridine rings is 1. The van der Waals surface area contributed by atoms with E-state index in [1.54, 1.807) is 6.20 Å². The Morgan fingerprint density at radius 3 is 2.67 bits per heavy atom. The third-order valence-corrected chi connectivity index (χ3v) is 6.46. The van der Waals surface area contributed by atoms with Crippen molar-refractivity contribution in [2.45, 2.75) is 68.8 Å². The van der Waals surface area contributed by atoms with Crippen LogP contribution in [0, 0.1) is 6.92 Å². The molecule has 2 amide bonds. The number of carbonyl (C=O) groups is 1. The number of aromatic nitrogens is 1. The molecular formula is C21H29N3O6. The highest BCUT2D eigenvalue weighted by Gasteiger charge is 2.49. The molecule has 4 atom stereocenters. The van der Waals surface area contributed by atoms with Crippen LogP contribution in [-0.2, 0) is 18.9 Å². The number of hydrogen-bond acceptors (Lipinski definition) is 7. The molecule has 3 saturated heterocycles. The number of hydrogen-bond donors (Lipinski definition) is 2. The van der Waals surface area contributed by atoms with Crippen LogP contribution in [0.4, 0.5) is 4.79 Å². The maximum Gasteiger partial charge on any atom is 0.315 e. The van der Waals surface area contributed by atoms with E-state index in [-0.39, 0.29) is 36.4 Å². The van der Waals surface area contributed by atoms with Gasteiger partial charge in [0.15, 0.2) is 11.9 Å². The molecule has 9 heteroatoms. The quantitative estimate of drug-likeness (QED) is 0.759. The first-order chi connectivity index (χ1) is 14.6. The van der Waals surface area contributed by atoms with E-state index in [2.05, 4.69) is 15.6 Å². The van der Waals surface area contributed by atoms with Gasteiger partial charge in [0.05, 0.1) is 38.2 Å². The first-order valence-electron chi connectivity index (χ1n) is 10.8. The van der Waals surface area contributed by atoms with E-state index in [0.717, 1.165) is 37.1 Å². The fourth-order valence-corrected chi connectivity index (χ4v) is 4.83. The molecule has 2 N–H and O–H groups in total. The highest BCUT2D eigenvalue weighted by atomic mass is 16.7. The third kappa shape index (κ3) is 3.99. The van der Waals surface area contributed by atoms with Crippen molar-refractivity contribution in [1.29, 1.82) is 0 Å². The minimum Gasteiger partial charge on any atom is -0.483 e. The fourth-order valence-electron chi connectivity index (χ4n) is 4.83. The Balaban J connectivity index is 1.10. The van der Waals surface area contributed by atoms with Crippen molar-refractivity contribution in [3.8, 4) is 5.75 Å². The van der Waals surface area contributed by atoms with Crippen LogP contribution in [0.15, 0.2) is 18.3 Å². The number of fused-ring (bicyclic) bond motifs is 1. The van der Waals surface area contributed by atoms with Crippen molar-refractivity contribution >= 4 is 6.03 Å². The van der Waals surface area contributed by atoms with Crippen LogP contribution in [0.5, 0.6) is 5.75 Å². The van der Waals surface area contributed by atoms with Gasteiger partial charge in [0.25, 0.3) is 0 Å². The Hall–Kier alpha value is -1.94. The molecule has 0 unspecified atom stereocenters. The largest absolute Gasteiger partial charge is 0.483 e. The van der Waals surface area contributed by atoms with Gasteiger partial charge in [-0.05, 0) is 31.9 Å². The topological polar surface area (TPSA) is 100 Å². The summed E-state index contributed by atoms with van der Waals surface area (Å²) in [6.45, 7) is 4.06. The zero-order valence-corrected chi connectivity index (χ0v) is 17.2. The summed E-state index contributed by atoms with van der Waals surface area (Å²) in [7, 11) is 0. The molecule has 1 aromatic heterocycles. The monoisotopic (exact) mass is 419 g/mol. The van der Waals surface area contributed by atoms with Gasteiger partial charge in [-0.3, -0.25) is 4.98 Å². The summed E-state index contributed by atoms with van der Waals surface area (Å²) in [5.74, 6) is 0.315. The zero-order chi connectivity index (χ0) is 20.6. The molecule has 3 aliphatic heterocycles. The minimum atomic E-state index is -0.416. The summed E-state index contributed by atoms with van der Waals surface area (Å²) < 4.78 is 29.4. The summed E-state index contributed by atoms with van der Waals surface area (Å²) >= 11 is 0. The zero-order valence-electron chi connectivity index (χ0n) is 17.2. The molecule has 4 heterocycles. The van der Waals surface area contributed by atoms with Crippen LogP contribution >= 0.6 is 0 Å². The molecule has 1 aliphatic carbocycles. The number of ether oxygens (including phenoxy) is 5. The molecule has 0 bridgehead atoms. The van der Waals surface area contributed by atoms with Gasteiger partial charge >= 0.3 is 6.03 Å². The van der Waals surface area contributed by atoms with Crippen molar-refractivity contribution in [1.82, 2.24) is 15.6 Å². The van der Waals surface area contributed by atoms with Crippen LogP contribution in [0.1, 0.15) is 31.4 Å². The number of nitrogens with one attached hydrogen (secondary N) is 2. The lowest BCUT2D eigenvalue weighted by molar-refractivity contribution is -0.179. The van der Waals surface area contributed by atoms with Crippen molar-refractivity contribution in [3.05, 3.63) is 24.0 Å². The Morgan fingerprint density at radius 1 is 1.13 bits per heavy atom. The van der Waals surface area contributed by atoms with Gasteiger partial charge in [-0.25, -0.2) is 4.79 Å². The summed E-state index contributed by atoms with van der Waals surface area (Å²) in [4.78, 5) is 16.8. The number of aryl methyl sites for hydroxylation is 1. The lowest BCUT2D eigenvalue weighted by atomic mass is 9.90. The Kier molecular flexibility index (Phi) is 5.53. The molecule has 1 aromatic rings. The van der Waals surface area contributed by atoms with Crippen LogP contribution in [0.2, 0.25) is 0 Å². The van der Waals surface area contributed by atoms with Crippen LogP contribution < -0.4 is 15.4 Å². The molecular weight excluding hydrogens is 390 g/mol. The lowest BCUT2D eigenvalue weighted by Crippen LogP contribution is -2.52. The second-order valence-electron chi connectivity index (χ2n) is 8.45. The molecule has 9 nitrogen and oxygen atoms in total. The normalized spacial score (nSPS) is 32.8. The van der Waals surface area contributed by atoms with Crippen molar-refractivity contribution < 1.29 is 28.5 Å². The Bertz CT molecular complexity index is 761. The molecule has 4 aliphatic rings. The summed E-state index contributed by atoms with van der Waals surface area (Å²) in [5, 5.41) is 6.10. The first kappa shape index (κ1) is 20.0. The summed E-state index contributed by atoms with van der Waals surface area (Å²) in [6.07, 6.45) is 4.41. The summed E-state index contributed by atoms with van der Waals surface area (Å²) in [5.41, 5.74) is 0.829. The Morgan fingerprint density at radius 2 is 1.90 bits per heavy atom. The van der Waals surface area contributed by atoms with E-state index in [0.29, 0.717) is 26.4 Å². The number of carbonyl (C=O) groups excluding carboxylic acids is 1. The van der Waals surface area contributed by atoms with Gasteiger partial charge in [0.1, 0.15) is 18.0 Å². The van der Waals surface area contributed by atoms with E-state index in [1.807, 2.05) is 19.1 Å². The van der Waals surface area contributed by atoms with Gasteiger partial charge in [-0.15, -0.1) is 0 Å². The predicted molar refractivity (Wildman–Crippen MR) is 105 cm³/mol. The van der Waals surface area contributed by atoms with E-state index in [1.165, 1.54) is 0 Å². The van der Waals surface area contributed by atoms with Crippen molar-refractivity contribution in [2.75, 3.05) is 26.4 Å². The van der Waals surface area contributed by atoms with Crippen LogP contribution in [-0.4, -0.2) is 73.6 Å². The van der Waals surface area contributed by atoms with E-state index < -0.39 is 5.79 Å². The number of urea groups is 1. The van der Waals surface area contributed by atoms with E-state index in [9.17, 15) is 4.79 Å². The average molecular weight is 419 g/mol. The second-order valence-corrected chi connectivity index (χ2v) is 8.45. The third-order valence-electron chi connectivity index (χ3n) is 6.46. The number of amides is 2. The molecule has 1 spiro atoms. The van der Waals surface area contributed by atoms with Gasteiger partial charge < -0.3 is 34.3 Å².